The van der Waals surface area contributed by atoms with E-state index in [0.717, 1.165) is 11.3 Å². The van der Waals surface area contributed by atoms with Crippen molar-refractivity contribution in [2.75, 3.05) is 6.54 Å². The maximum Gasteiger partial charge on any atom is 0.326 e. The molecule has 8 nitrogen and oxygen atoms in total. The van der Waals surface area contributed by atoms with Crippen molar-refractivity contribution < 1.29 is 24.7 Å². The molecule has 0 saturated heterocycles. The largest absolute Gasteiger partial charge is 0.481 e. The van der Waals surface area contributed by atoms with Gasteiger partial charge in [-0.3, -0.25) is 25.0 Å². The lowest BCUT2D eigenvalue weighted by atomic mass is 10.2. The molecule has 9 heteroatoms. The fraction of sp³-hybridized carbons (Fsp3) is 0.333. The molecular weight excluding hydrogens is 264 g/mol. The molecule has 3 N–H and O–H groups in total. The van der Waals surface area contributed by atoms with E-state index in [2.05, 4.69) is 5.32 Å². The zero-order valence-corrected chi connectivity index (χ0v) is 9.85. The number of thiophene rings is 1. The summed E-state index contributed by atoms with van der Waals surface area (Å²) in [6, 6.07) is 1.42. The second kappa shape index (κ2) is 6.07. The number of carboxylic acids is 2. The number of carboxylic acid groups (broad SMARTS) is 2. The van der Waals surface area contributed by atoms with Gasteiger partial charge in [0, 0.05) is 17.5 Å². The average Bonchev–Trinajstić information content (AvgIpc) is 2.72. The van der Waals surface area contributed by atoms with Crippen LogP contribution in [0.4, 0.5) is 5.00 Å². The lowest BCUT2D eigenvalue weighted by Gasteiger charge is -2.11. The molecule has 0 aromatic carbocycles. The molecule has 18 heavy (non-hydrogen) atoms. The van der Waals surface area contributed by atoms with Gasteiger partial charge < -0.3 is 10.2 Å². The molecule has 0 aliphatic rings. The molecule has 0 aliphatic carbocycles. The summed E-state index contributed by atoms with van der Waals surface area (Å²) in [6.45, 7) is -0.0298. The summed E-state index contributed by atoms with van der Waals surface area (Å²) in [4.78, 5) is 31.4. The Labute approximate surface area is 105 Å². The van der Waals surface area contributed by atoms with Crippen LogP contribution in [-0.4, -0.2) is 33.6 Å². The van der Waals surface area contributed by atoms with Crippen molar-refractivity contribution in [1.29, 1.82) is 0 Å². The van der Waals surface area contributed by atoms with Crippen LogP contribution in [0.3, 0.4) is 0 Å². The van der Waals surface area contributed by atoms with Gasteiger partial charge in [0.25, 0.3) is 0 Å². The molecule has 1 heterocycles. The van der Waals surface area contributed by atoms with E-state index < -0.39 is 22.9 Å². The number of hydrogen-bond donors (Lipinski definition) is 3. The first-order valence-corrected chi connectivity index (χ1v) is 5.65. The molecule has 0 spiro atoms. The first-order valence-electron chi connectivity index (χ1n) is 4.84. The highest BCUT2D eigenvalue weighted by Gasteiger charge is 2.23. The van der Waals surface area contributed by atoms with Gasteiger partial charge in [0.2, 0.25) is 0 Å². The Hall–Kier alpha value is -2.00. The van der Waals surface area contributed by atoms with Crippen molar-refractivity contribution in [2.45, 2.75) is 12.5 Å². The fourth-order valence-electron chi connectivity index (χ4n) is 1.23. The molecule has 98 valence electrons. The maximum atomic E-state index is 11.0. The molecule has 0 aliphatic heterocycles. The van der Waals surface area contributed by atoms with Crippen LogP contribution in [0.15, 0.2) is 12.1 Å². The minimum absolute atomic E-state index is 0.0298. The average molecular weight is 274 g/mol. The van der Waals surface area contributed by atoms with Crippen molar-refractivity contribution >= 4 is 28.3 Å². The van der Waals surface area contributed by atoms with Gasteiger partial charge in [0.15, 0.2) is 0 Å². The van der Waals surface area contributed by atoms with Crippen LogP contribution in [0.2, 0.25) is 0 Å². The quantitative estimate of drug-likeness (QED) is 0.496. The van der Waals surface area contributed by atoms with Crippen molar-refractivity contribution in [3.63, 3.8) is 0 Å². The number of nitrogens with one attached hydrogen (secondary N) is 1. The monoisotopic (exact) mass is 274 g/mol. The summed E-state index contributed by atoms with van der Waals surface area (Å²) in [5.41, 5.74) is 0. The summed E-state index contributed by atoms with van der Waals surface area (Å²) in [5, 5.41) is 30.3. The molecular formula is C9H10N2O6S. The molecule has 1 rings (SSSR count). The van der Waals surface area contributed by atoms with Crippen LogP contribution in [0.25, 0.3) is 0 Å². The molecule has 0 radical (unpaired) electrons. The smallest absolute Gasteiger partial charge is 0.326 e. The van der Waals surface area contributed by atoms with Gasteiger partial charge in [-0.25, -0.2) is 0 Å². The van der Waals surface area contributed by atoms with E-state index in [-0.39, 0.29) is 22.8 Å². The molecule has 1 aromatic heterocycles. The van der Waals surface area contributed by atoms with Gasteiger partial charge in [-0.15, -0.1) is 0 Å². The topological polar surface area (TPSA) is 130 Å². The molecule has 1 unspecified atom stereocenters. The highest BCUT2D eigenvalue weighted by Crippen LogP contribution is 2.28. The minimum atomic E-state index is -1.21. The van der Waals surface area contributed by atoms with E-state index in [4.69, 9.17) is 10.2 Å². The minimum Gasteiger partial charge on any atom is -0.481 e. The summed E-state index contributed by atoms with van der Waals surface area (Å²) in [6.07, 6.45) is -0.225. The zero-order chi connectivity index (χ0) is 13.7. The molecule has 0 saturated carbocycles. The standard InChI is InChI=1S/C9H10N2O6S/c12-7(13)3-4-10-8(9(14)15)5-1-2-6(18-5)11(16)17/h1-2,8,10H,3-4H2,(H,12,13)(H,14,15). The first kappa shape index (κ1) is 14.1. The van der Waals surface area contributed by atoms with Gasteiger partial charge in [-0.05, 0) is 6.07 Å². The molecule has 1 aromatic rings. The van der Waals surface area contributed by atoms with Crippen LogP contribution in [0, 0.1) is 10.1 Å². The van der Waals surface area contributed by atoms with Crippen LogP contribution in [0.5, 0.6) is 0 Å². The van der Waals surface area contributed by atoms with Crippen molar-refractivity contribution in [3.8, 4) is 0 Å². The summed E-state index contributed by atoms with van der Waals surface area (Å²) in [5.74, 6) is -2.26. The third-order valence-corrected chi connectivity index (χ3v) is 3.11. The Morgan fingerprint density at radius 1 is 1.44 bits per heavy atom. The highest BCUT2D eigenvalue weighted by molar-refractivity contribution is 7.15. The van der Waals surface area contributed by atoms with Crippen LogP contribution >= 0.6 is 11.3 Å². The summed E-state index contributed by atoms with van der Waals surface area (Å²) in [7, 11) is 0. The van der Waals surface area contributed by atoms with Gasteiger partial charge >= 0.3 is 16.9 Å². The zero-order valence-electron chi connectivity index (χ0n) is 9.03. The van der Waals surface area contributed by atoms with Gasteiger partial charge in [-0.1, -0.05) is 11.3 Å². The van der Waals surface area contributed by atoms with E-state index in [9.17, 15) is 19.7 Å². The number of aliphatic carboxylic acids is 2. The second-order valence-corrected chi connectivity index (χ2v) is 4.40. The maximum absolute atomic E-state index is 11.0. The van der Waals surface area contributed by atoms with E-state index >= 15 is 0 Å². The third kappa shape index (κ3) is 3.79. The number of rotatable bonds is 7. The van der Waals surface area contributed by atoms with E-state index in [1.165, 1.54) is 12.1 Å². The van der Waals surface area contributed by atoms with Crippen molar-refractivity contribution in [2.24, 2.45) is 0 Å². The third-order valence-electron chi connectivity index (χ3n) is 2.01. The number of nitrogens with zero attached hydrogens (tertiary/aromatic N) is 1. The highest BCUT2D eigenvalue weighted by atomic mass is 32.1. The predicted molar refractivity (Wildman–Crippen MR) is 61.6 cm³/mol. The Kier molecular flexibility index (Phi) is 4.75. The summed E-state index contributed by atoms with van der Waals surface area (Å²) >= 11 is 0.746. The molecule has 1 atom stereocenters. The van der Waals surface area contributed by atoms with Crippen LogP contribution < -0.4 is 5.32 Å². The van der Waals surface area contributed by atoms with Gasteiger partial charge in [0.05, 0.1) is 11.3 Å². The molecule has 0 fully saturated rings. The Morgan fingerprint density at radius 2 is 2.11 bits per heavy atom. The van der Waals surface area contributed by atoms with Crippen LogP contribution in [0.1, 0.15) is 17.3 Å². The van der Waals surface area contributed by atoms with Gasteiger partial charge in [0.1, 0.15) is 6.04 Å². The van der Waals surface area contributed by atoms with Crippen LogP contribution in [-0.2, 0) is 9.59 Å². The Balaban J connectivity index is 2.74. The Morgan fingerprint density at radius 3 is 2.56 bits per heavy atom. The Bertz CT molecular complexity index is 471. The van der Waals surface area contributed by atoms with E-state index in [1.807, 2.05) is 0 Å². The van der Waals surface area contributed by atoms with Crippen molar-refractivity contribution in [3.05, 3.63) is 27.1 Å². The molecule has 0 amide bonds. The lowest BCUT2D eigenvalue weighted by molar-refractivity contribution is -0.380. The van der Waals surface area contributed by atoms with E-state index in [1.54, 1.807) is 0 Å². The van der Waals surface area contributed by atoms with Crippen molar-refractivity contribution in [1.82, 2.24) is 5.32 Å². The predicted octanol–water partition coefficient (Wildman–Crippen LogP) is 0.846. The summed E-state index contributed by atoms with van der Waals surface area (Å²) < 4.78 is 0. The number of carbonyl (C=O) groups is 2. The number of hydrogen-bond acceptors (Lipinski definition) is 6. The van der Waals surface area contributed by atoms with E-state index in [0.29, 0.717) is 0 Å². The fourth-order valence-corrected chi connectivity index (χ4v) is 2.12. The normalized spacial score (nSPS) is 12.0. The SMILES string of the molecule is O=C(O)CCNC(C(=O)O)c1ccc([N+](=O)[O-])s1. The second-order valence-electron chi connectivity index (χ2n) is 3.30. The lowest BCUT2D eigenvalue weighted by Crippen LogP contribution is -2.29. The first-order chi connectivity index (χ1) is 8.41. The number of nitro groups is 1. The molecule has 0 bridgehead atoms. The van der Waals surface area contributed by atoms with Gasteiger partial charge in [-0.2, -0.15) is 0 Å².